The van der Waals surface area contributed by atoms with Crippen molar-refractivity contribution in [1.82, 2.24) is 10.6 Å². The molecule has 2 aliphatic carbocycles. The first-order valence-corrected chi connectivity index (χ1v) is 8.10. The Morgan fingerprint density at radius 3 is 2.55 bits per heavy atom. The van der Waals surface area contributed by atoms with Gasteiger partial charge in [-0.3, -0.25) is 0 Å². The fraction of sp³-hybridized carbons (Fsp3) is 0.938. The van der Waals surface area contributed by atoms with Crippen LogP contribution in [0.1, 0.15) is 59.8 Å². The Morgan fingerprint density at radius 2 is 2.05 bits per heavy atom. The van der Waals surface area contributed by atoms with Gasteiger partial charge in [-0.1, -0.05) is 13.3 Å². The Balaban J connectivity index is 1.71. The largest absolute Gasteiger partial charge is 0.444 e. The molecule has 0 aromatic heterocycles. The zero-order chi connectivity index (χ0) is 14.8. The van der Waals surface area contributed by atoms with E-state index in [9.17, 15) is 4.79 Å². The average molecular weight is 282 g/mol. The highest BCUT2D eigenvalue weighted by molar-refractivity contribution is 5.68. The summed E-state index contributed by atoms with van der Waals surface area (Å²) in [5, 5.41) is 6.63. The SMILES string of the molecule is CCC(CNC1CC2CCC1C2)NC(=O)OC(C)(C)C. The van der Waals surface area contributed by atoms with Gasteiger partial charge in [-0.05, 0) is 58.3 Å². The van der Waals surface area contributed by atoms with E-state index in [2.05, 4.69) is 17.6 Å². The molecule has 2 fully saturated rings. The van der Waals surface area contributed by atoms with Crippen LogP contribution in [0, 0.1) is 11.8 Å². The van der Waals surface area contributed by atoms with Gasteiger partial charge in [0.2, 0.25) is 0 Å². The smallest absolute Gasteiger partial charge is 0.407 e. The predicted molar refractivity (Wildman–Crippen MR) is 80.7 cm³/mol. The summed E-state index contributed by atoms with van der Waals surface area (Å²) in [5.74, 6) is 1.83. The molecule has 0 radical (unpaired) electrons. The van der Waals surface area contributed by atoms with Crippen LogP contribution in [0.4, 0.5) is 4.79 Å². The highest BCUT2D eigenvalue weighted by Crippen LogP contribution is 2.44. The third-order valence-electron chi connectivity index (χ3n) is 4.58. The maximum absolute atomic E-state index is 11.8. The van der Waals surface area contributed by atoms with E-state index in [1.165, 1.54) is 25.7 Å². The van der Waals surface area contributed by atoms with Gasteiger partial charge in [-0.2, -0.15) is 0 Å². The van der Waals surface area contributed by atoms with Crippen molar-refractivity contribution >= 4 is 6.09 Å². The van der Waals surface area contributed by atoms with Crippen molar-refractivity contribution < 1.29 is 9.53 Å². The number of alkyl carbamates (subject to hydrolysis) is 1. The molecule has 2 rings (SSSR count). The molecule has 4 nitrogen and oxygen atoms in total. The van der Waals surface area contributed by atoms with E-state index in [1.807, 2.05) is 20.8 Å². The van der Waals surface area contributed by atoms with Gasteiger partial charge in [-0.25, -0.2) is 4.79 Å². The molecule has 2 N–H and O–H groups in total. The van der Waals surface area contributed by atoms with Crippen LogP contribution >= 0.6 is 0 Å². The Bertz CT molecular complexity index is 338. The summed E-state index contributed by atoms with van der Waals surface area (Å²) in [6, 6.07) is 0.826. The van der Waals surface area contributed by atoms with E-state index in [0.29, 0.717) is 6.04 Å². The molecular formula is C16H30N2O2. The van der Waals surface area contributed by atoms with Gasteiger partial charge >= 0.3 is 6.09 Å². The zero-order valence-corrected chi connectivity index (χ0v) is 13.4. The number of carbonyl (C=O) groups is 1. The Morgan fingerprint density at radius 1 is 1.30 bits per heavy atom. The van der Waals surface area contributed by atoms with E-state index >= 15 is 0 Å². The molecule has 1 amide bonds. The second-order valence-corrected chi connectivity index (χ2v) is 7.44. The van der Waals surface area contributed by atoms with Crippen molar-refractivity contribution in [3.8, 4) is 0 Å². The number of rotatable bonds is 5. The van der Waals surface area contributed by atoms with Crippen molar-refractivity contribution in [3.63, 3.8) is 0 Å². The van der Waals surface area contributed by atoms with Crippen LogP contribution in [-0.2, 0) is 4.74 Å². The summed E-state index contributed by atoms with van der Waals surface area (Å²) in [4.78, 5) is 11.8. The molecule has 0 spiro atoms. The molecule has 116 valence electrons. The summed E-state index contributed by atoms with van der Waals surface area (Å²) in [7, 11) is 0. The number of carbonyl (C=O) groups excluding carboxylic acids is 1. The van der Waals surface area contributed by atoms with Gasteiger partial charge in [0.1, 0.15) is 5.60 Å². The van der Waals surface area contributed by atoms with Gasteiger partial charge in [0.05, 0.1) is 0 Å². The van der Waals surface area contributed by atoms with Gasteiger partial charge in [-0.15, -0.1) is 0 Å². The second-order valence-electron chi connectivity index (χ2n) is 7.44. The summed E-state index contributed by atoms with van der Waals surface area (Å²) < 4.78 is 5.31. The summed E-state index contributed by atoms with van der Waals surface area (Å²) in [6.07, 6.45) is 6.17. The fourth-order valence-electron chi connectivity index (χ4n) is 3.56. The first kappa shape index (κ1) is 15.6. The minimum absolute atomic E-state index is 0.156. The standard InChI is InChI=1S/C16H30N2O2/c1-5-13(18-15(19)20-16(2,3)4)10-17-14-9-11-6-7-12(14)8-11/h11-14,17H,5-10H2,1-4H3,(H,18,19). The van der Waals surface area contributed by atoms with Crippen LogP contribution in [0.15, 0.2) is 0 Å². The van der Waals surface area contributed by atoms with E-state index in [0.717, 1.165) is 24.8 Å². The van der Waals surface area contributed by atoms with Crippen molar-refractivity contribution in [2.45, 2.75) is 77.5 Å². The minimum Gasteiger partial charge on any atom is -0.444 e. The highest BCUT2D eigenvalue weighted by Gasteiger charge is 2.39. The molecule has 0 saturated heterocycles. The first-order chi connectivity index (χ1) is 9.37. The summed E-state index contributed by atoms with van der Waals surface area (Å²) in [6.45, 7) is 8.62. The lowest BCUT2D eigenvalue weighted by molar-refractivity contribution is 0.0501. The molecule has 4 heteroatoms. The maximum Gasteiger partial charge on any atom is 0.407 e. The van der Waals surface area contributed by atoms with Crippen LogP contribution in [0.2, 0.25) is 0 Å². The van der Waals surface area contributed by atoms with Gasteiger partial charge in [0.15, 0.2) is 0 Å². The van der Waals surface area contributed by atoms with Crippen LogP contribution in [0.3, 0.4) is 0 Å². The maximum atomic E-state index is 11.8. The van der Waals surface area contributed by atoms with Crippen LogP contribution in [0.5, 0.6) is 0 Å². The van der Waals surface area contributed by atoms with Crippen molar-refractivity contribution in [3.05, 3.63) is 0 Å². The van der Waals surface area contributed by atoms with Gasteiger partial charge in [0.25, 0.3) is 0 Å². The number of fused-ring (bicyclic) bond motifs is 2. The number of hydrogen-bond acceptors (Lipinski definition) is 3. The Hall–Kier alpha value is -0.770. The number of nitrogens with one attached hydrogen (secondary N) is 2. The zero-order valence-electron chi connectivity index (χ0n) is 13.4. The van der Waals surface area contributed by atoms with Crippen LogP contribution in [-0.4, -0.2) is 30.3 Å². The molecule has 20 heavy (non-hydrogen) atoms. The summed E-state index contributed by atoms with van der Waals surface area (Å²) in [5.41, 5.74) is -0.430. The molecule has 2 aliphatic rings. The average Bonchev–Trinajstić information content (AvgIpc) is 2.94. The van der Waals surface area contributed by atoms with E-state index in [1.54, 1.807) is 0 Å². The number of hydrogen-bond donors (Lipinski definition) is 2. The molecule has 4 atom stereocenters. The van der Waals surface area contributed by atoms with E-state index in [4.69, 9.17) is 4.74 Å². The monoisotopic (exact) mass is 282 g/mol. The quantitative estimate of drug-likeness (QED) is 0.815. The highest BCUT2D eigenvalue weighted by atomic mass is 16.6. The predicted octanol–water partition coefficient (Wildman–Crippen LogP) is 3.07. The molecule has 0 aliphatic heterocycles. The van der Waals surface area contributed by atoms with Gasteiger partial charge in [0, 0.05) is 18.6 Å². The van der Waals surface area contributed by atoms with E-state index in [-0.39, 0.29) is 12.1 Å². The molecule has 2 saturated carbocycles. The number of amides is 1. The van der Waals surface area contributed by atoms with Crippen molar-refractivity contribution in [1.29, 1.82) is 0 Å². The molecule has 0 heterocycles. The normalized spacial score (nSPS) is 30.3. The lowest BCUT2D eigenvalue weighted by Gasteiger charge is -2.27. The van der Waals surface area contributed by atoms with Crippen LogP contribution in [0.25, 0.3) is 0 Å². The molecule has 0 aromatic rings. The lowest BCUT2D eigenvalue weighted by Crippen LogP contribution is -2.47. The topological polar surface area (TPSA) is 50.4 Å². The molecular weight excluding hydrogens is 252 g/mol. The Labute approximate surface area is 123 Å². The van der Waals surface area contributed by atoms with Crippen molar-refractivity contribution in [2.75, 3.05) is 6.54 Å². The summed E-state index contributed by atoms with van der Waals surface area (Å²) >= 11 is 0. The molecule has 0 aromatic carbocycles. The van der Waals surface area contributed by atoms with Crippen LogP contribution < -0.4 is 10.6 Å². The number of ether oxygens (including phenoxy) is 1. The third-order valence-corrected chi connectivity index (χ3v) is 4.58. The van der Waals surface area contributed by atoms with Crippen molar-refractivity contribution in [2.24, 2.45) is 11.8 Å². The Kier molecular flexibility index (Phi) is 4.95. The third kappa shape index (κ3) is 4.37. The van der Waals surface area contributed by atoms with E-state index < -0.39 is 5.60 Å². The fourth-order valence-corrected chi connectivity index (χ4v) is 3.56. The van der Waals surface area contributed by atoms with Gasteiger partial charge < -0.3 is 15.4 Å². The molecule has 4 unspecified atom stereocenters. The minimum atomic E-state index is -0.430. The molecule has 2 bridgehead atoms. The first-order valence-electron chi connectivity index (χ1n) is 8.10. The second kappa shape index (κ2) is 6.33. The lowest BCUT2D eigenvalue weighted by atomic mass is 9.95.